The van der Waals surface area contributed by atoms with E-state index < -0.39 is 5.91 Å². The van der Waals surface area contributed by atoms with Gasteiger partial charge in [-0.05, 0) is 36.6 Å². The van der Waals surface area contributed by atoms with Crippen molar-refractivity contribution in [3.8, 4) is 0 Å². The minimum Gasteiger partial charge on any atom is -0.374 e. The number of rotatable bonds is 1. The average molecular weight is 269 g/mol. The van der Waals surface area contributed by atoms with E-state index in [-0.39, 0.29) is 10.2 Å². The summed E-state index contributed by atoms with van der Waals surface area (Å²) in [6.45, 7) is 1.30. The Morgan fingerprint density at radius 2 is 1.94 bits per heavy atom. The maximum absolute atomic E-state index is 11.5. The van der Waals surface area contributed by atoms with Crippen molar-refractivity contribution in [1.29, 1.82) is 0 Å². The zero-order valence-electron chi connectivity index (χ0n) is 9.03. The predicted octanol–water partition coefficient (Wildman–Crippen LogP) is 0.139. The van der Waals surface area contributed by atoms with Crippen LogP contribution in [0, 0.1) is 0 Å². The molecule has 0 aliphatic heterocycles. The Morgan fingerprint density at radius 3 is 2.29 bits per heavy atom. The number of anilines is 1. The smallest absolute Gasteiger partial charge is 0.245 e. The molecule has 0 unspecified atom stereocenters. The van der Waals surface area contributed by atoms with Gasteiger partial charge in [0.15, 0.2) is 16.0 Å². The van der Waals surface area contributed by atoms with Crippen LogP contribution in [0.1, 0.15) is 6.92 Å². The standard InChI is InChI=1S/C9H11N5OS2/c1-6(15)13(8(10)16)14(9(11)17)7-4-2-3-5-12-7/h2-5H,1H3,(H2,10,16)(H2,11,17). The molecule has 0 spiro atoms. The molecule has 6 nitrogen and oxygen atoms in total. The Kier molecular flexibility index (Phi) is 4.30. The van der Waals surface area contributed by atoms with Crippen molar-refractivity contribution >= 4 is 46.4 Å². The zero-order valence-corrected chi connectivity index (χ0v) is 10.7. The Balaban J connectivity index is 3.22. The summed E-state index contributed by atoms with van der Waals surface area (Å²) in [6.07, 6.45) is 1.54. The third kappa shape index (κ3) is 3.08. The molecule has 0 radical (unpaired) electrons. The molecule has 4 N–H and O–H groups in total. The van der Waals surface area contributed by atoms with E-state index >= 15 is 0 Å². The highest BCUT2D eigenvalue weighted by Gasteiger charge is 2.24. The van der Waals surface area contributed by atoms with E-state index in [1.807, 2.05) is 0 Å². The summed E-state index contributed by atoms with van der Waals surface area (Å²) in [5.74, 6) is -0.0426. The number of aromatic nitrogens is 1. The minimum absolute atomic E-state index is 0.0771. The number of hydrazine groups is 1. The van der Waals surface area contributed by atoms with Crippen LogP contribution in [0.5, 0.6) is 0 Å². The topological polar surface area (TPSA) is 88.5 Å². The SMILES string of the molecule is CC(=O)N(C(N)=S)N(C(N)=S)c1ccccn1. The second-order valence-corrected chi connectivity index (χ2v) is 3.84. The lowest BCUT2D eigenvalue weighted by Gasteiger charge is -2.31. The van der Waals surface area contributed by atoms with Gasteiger partial charge in [-0.1, -0.05) is 6.07 Å². The molecule has 0 aromatic carbocycles. The van der Waals surface area contributed by atoms with Crippen LogP contribution >= 0.6 is 24.4 Å². The number of amides is 1. The van der Waals surface area contributed by atoms with E-state index in [4.69, 9.17) is 35.9 Å². The van der Waals surface area contributed by atoms with Gasteiger partial charge in [-0.15, -0.1) is 0 Å². The maximum atomic E-state index is 11.5. The van der Waals surface area contributed by atoms with Gasteiger partial charge in [0, 0.05) is 13.1 Å². The summed E-state index contributed by atoms with van der Waals surface area (Å²) >= 11 is 9.66. The van der Waals surface area contributed by atoms with Gasteiger partial charge in [-0.3, -0.25) is 4.79 Å². The summed E-state index contributed by atoms with van der Waals surface area (Å²) in [5, 5.41) is 1.93. The molecule has 1 aromatic rings. The maximum Gasteiger partial charge on any atom is 0.245 e. The van der Waals surface area contributed by atoms with Gasteiger partial charge in [0.25, 0.3) is 0 Å². The second-order valence-electron chi connectivity index (χ2n) is 3.01. The van der Waals surface area contributed by atoms with Crippen LogP contribution in [0.25, 0.3) is 0 Å². The summed E-state index contributed by atoms with van der Waals surface area (Å²) in [7, 11) is 0. The first-order chi connectivity index (χ1) is 7.95. The van der Waals surface area contributed by atoms with Crippen molar-refractivity contribution in [2.24, 2.45) is 11.5 Å². The number of nitrogens with two attached hydrogens (primary N) is 2. The number of thiocarbonyl (C=S) groups is 2. The van der Waals surface area contributed by atoms with Gasteiger partial charge in [0.1, 0.15) is 0 Å². The average Bonchev–Trinajstić information content (AvgIpc) is 2.25. The molecule has 0 aliphatic rings. The van der Waals surface area contributed by atoms with Crippen molar-refractivity contribution in [2.75, 3.05) is 5.01 Å². The molecule has 0 bridgehead atoms. The van der Waals surface area contributed by atoms with Crippen LogP contribution < -0.4 is 16.5 Å². The fourth-order valence-electron chi connectivity index (χ4n) is 1.19. The molecule has 8 heteroatoms. The Bertz CT molecular complexity index is 436. The van der Waals surface area contributed by atoms with Crippen LogP contribution in [0.15, 0.2) is 24.4 Å². The molecule has 0 atom stereocenters. The van der Waals surface area contributed by atoms with Crippen molar-refractivity contribution in [2.45, 2.75) is 6.92 Å². The summed E-state index contributed by atoms with van der Waals surface area (Å²) in [6, 6.07) is 5.08. The Hall–Kier alpha value is -1.80. The van der Waals surface area contributed by atoms with Crippen molar-refractivity contribution < 1.29 is 4.79 Å². The van der Waals surface area contributed by atoms with Gasteiger partial charge >= 0.3 is 0 Å². The fourth-order valence-corrected chi connectivity index (χ4v) is 1.57. The van der Waals surface area contributed by atoms with Crippen LogP contribution in [0.3, 0.4) is 0 Å². The molecule has 0 saturated carbocycles. The lowest BCUT2D eigenvalue weighted by atomic mass is 10.4. The second kappa shape index (κ2) is 5.51. The molecule has 17 heavy (non-hydrogen) atoms. The lowest BCUT2D eigenvalue weighted by molar-refractivity contribution is -0.125. The van der Waals surface area contributed by atoms with E-state index in [9.17, 15) is 4.79 Å². The van der Waals surface area contributed by atoms with Crippen LogP contribution in [-0.4, -0.2) is 26.1 Å². The molecule has 1 amide bonds. The summed E-state index contributed by atoms with van der Waals surface area (Å²) < 4.78 is 0. The molecule has 0 fully saturated rings. The van der Waals surface area contributed by atoms with E-state index in [1.165, 1.54) is 11.9 Å². The third-order valence-electron chi connectivity index (χ3n) is 1.78. The van der Waals surface area contributed by atoms with E-state index in [0.717, 1.165) is 5.01 Å². The number of hydrogen-bond acceptors (Lipinski definition) is 4. The largest absolute Gasteiger partial charge is 0.374 e. The zero-order chi connectivity index (χ0) is 13.0. The Morgan fingerprint density at radius 1 is 1.29 bits per heavy atom. The molecule has 90 valence electrons. The van der Waals surface area contributed by atoms with Crippen LogP contribution in [0.2, 0.25) is 0 Å². The van der Waals surface area contributed by atoms with Gasteiger partial charge in [-0.2, -0.15) is 5.01 Å². The molecular formula is C9H11N5OS2. The van der Waals surface area contributed by atoms with E-state index in [2.05, 4.69) is 4.98 Å². The third-order valence-corrected chi connectivity index (χ3v) is 2.13. The number of carbonyl (C=O) groups is 1. The highest BCUT2D eigenvalue weighted by Crippen LogP contribution is 2.12. The van der Waals surface area contributed by atoms with Gasteiger partial charge in [0.2, 0.25) is 5.91 Å². The molecule has 1 rings (SSSR count). The van der Waals surface area contributed by atoms with Gasteiger partial charge < -0.3 is 11.5 Å². The van der Waals surface area contributed by atoms with Crippen LogP contribution in [0.4, 0.5) is 5.82 Å². The number of pyridine rings is 1. The highest BCUT2D eigenvalue weighted by molar-refractivity contribution is 7.80. The van der Waals surface area contributed by atoms with E-state index in [1.54, 1.807) is 24.4 Å². The quantitative estimate of drug-likeness (QED) is 0.553. The highest BCUT2D eigenvalue weighted by atomic mass is 32.1. The van der Waals surface area contributed by atoms with Crippen molar-refractivity contribution in [1.82, 2.24) is 9.99 Å². The van der Waals surface area contributed by atoms with Gasteiger partial charge in [-0.25, -0.2) is 9.99 Å². The monoisotopic (exact) mass is 269 g/mol. The van der Waals surface area contributed by atoms with Crippen molar-refractivity contribution in [3.63, 3.8) is 0 Å². The molecule has 1 heterocycles. The first-order valence-corrected chi connectivity index (χ1v) is 5.37. The predicted molar refractivity (Wildman–Crippen MR) is 72.8 cm³/mol. The Labute approximate surface area is 109 Å². The summed E-state index contributed by atoms with van der Waals surface area (Å²) in [5.41, 5.74) is 11.0. The first-order valence-electron chi connectivity index (χ1n) is 4.55. The number of carbonyl (C=O) groups excluding carboxylic acids is 1. The molecule has 0 saturated heterocycles. The number of nitrogens with zero attached hydrogens (tertiary/aromatic N) is 3. The van der Waals surface area contributed by atoms with E-state index in [0.29, 0.717) is 5.82 Å². The molecule has 1 aromatic heterocycles. The van der Waals surface area contributed by atoms with Crippen molar-refractivity contribution in [3.05, 3.63) is 24.4 Å². The fraction of sp³-hybridized carbons (Fsp3) is 0.111. The van der Waals surface area contributed by atoms with Crippen LogP contribution in [-0.2, 0) is 4.79 Å². The lowest BCUT2D eigenvalue weighted by Crippen LogP contribution is -2.56. The summed E-state index contributed by atoms with van der Waals surface area (Å²) in [4.78, 5) is 15.5. The normalized spacial score (nSPS) is 9.47. The molecular weight excluding hydrogens is 258 g/mol. The van der Waals surface area contributed by atoms with Gasteiger partial charge in [0.05, 0.1) is 0 Å². The minimum atomic E-state index is -0.407. The number of hydrogen-bond donors (Lipinski definition) is 2. The molecule has 0 aliphatic carbocycles. The first kappa shape index (κ1) is 13.3.